The average molecular weight is 136 g/mol. The maximum atomic E-state index is 12.4. The van der Waals surface area contributed by atoms with Crippen molar-refractivity contribution in [2.45, 2.75) is 17.8 Å². The van der Waals surface area contributed by atoms with E-state index < -0.39 is 6.17 Å². The molecule has 0 spiro atoms. The molecule has 0 aromatic rings. The second-order valence-corrected chi connectivity index (χ2v) is 3.24. The van der Waals surface area contributed by atoms with Crippen LogP contribution in [0.3, 0.4) is 0 Å². The van der Waals surface area contributed by atoms with Crippen LogP contribution in [0.1, 0.15) is 6.42 Å². The Morgan fingerprint density at radius 2 is 2.50 bits per heavy atom. The molecule has 0 saturated carbocycles. The Kier molecular flexibility index (Phi) is 2.14. The molecule has 1 N–H and O–H groups in total. The van der Waals surface area contributed by atoms with E-state index in [4.69, 9.17) is 5.11 Å². The van der Waals surface area contributed by atoms with Crippen LogP contribution in [-0.4, -0.2) is 28.9 Å². The molecule has 0 amide bonds. The molecule has 0 bridgehead atoms. The Balaban J connectivity index is 2.30. The van der Waals surface area contributed by atoms with E-state index in [0.717, 1.165) is 5.75 Å². The first-order chi connectivity index (χ1) is 3.84. The molecule has 0 radical (unpaired) electrons. The number of aliphatic hydroxyl groups is 1. The maximum absolute atomic E-state index is 12.4. The molecule has 1 aliphatic heterocycles. The summed E-state index contributed by atoms with van der Waals surface area (Å²) in [7, 11) is 0. The Morgan fingerprint density at radius 1 is 1.75 bits per heavy atom. The summed E-state index contributed by atoms with van der Waals surface area (Å²) < 4.78 is 12.4. The predicted octanol–water partition coefficient (Wildman–Crippen LogP) is 0.822. The summed E-state index contributed by atoms with van der Waals surface area (Å²) in [5, 5.41) is 8.35. The minimum absolute atomic E-state index is 0.00810. The second-order valence-electron chi connectivity index (χ2n) is 1.90. The number of hydrogen-bond acceptors (Lipinski definition) is 2. The van der Waals surface area contributed by atoms with Gasteiger partial charge >= 0.3 is 0 Å². The summed E-state index contributed by atoms with van der Waals surface area (Å²) in [6.07, 6.45) is -0.138. The van der Waals surface area contributed by atoms with Gasteiger partial charge in [0.05, 0.1) is 11.9 Å². The van der Waals surface area contributed by atoms with Gasteiger partial charge in [-0.1, -0.05) is 0 Å². The molecule has 48 valence electrons. The molecule has 1 saturated heterocycles. The first-order valence-corrected chi connectivity index (χ1v) is 3.76. The number of aliphatic hydroxyl groups excluding tert-OH is 1. The number of thioether (sulfide) groups is 1. The van der Waals surface area contributed by atoms with Gasteiger partial charge in [-0.2, -0.15) is 11.8 Å². The van der Waals surface area contributed by atoms with Crippen LogP contribution < -0.4 is 0 Å². The minimum atomic E-state index is -0.759. The van der Waals surface area contributed by atoms with Gasteiger partial charge in [-0.05, 0) is 12.2 Å². The van der Waals surface area contributed by atoms with Gasteiger partial charge in [0.15, 0.2) is 0 Å². The van der Waals surface area contributed by atoms with Crippen LogP contribution in [0.5, 0.6) is 0 Å². The summed E-state index contributed by atoms with van der Waals surface area (Å²) in [4.78, 5) is 0. The molecular formula is C5H9FOS. The standard InChI is InChI=1S/C5H9FOS/c6-4-1-2-8-5(4)3-7/h4-5,7H,1-3H2. The molecule has 0 aliphatic carbocycles. The van der Waals surface area contributed by atoms with Crippen molar-refractivity contribution < 1.29 is 9.50 Å². The largest absolute Gasteiger partial charge is 0.395 e. The second kappa shape index (κ2) is 2.69. The Morgan fingerprint density at radius 3 is 2.75 bits per heavy atom. The van der Waals surface area contributed by atoms with Crippen LogP contribution in [0, 0.1) is 0 Å². The van der Waals surface area contributed by atoms with Crippen LogP contribution in [-0.2, 0) is 0 Å². The molecule has 1 rings (SSSR count). The van der Waals surface area contributed by atoms with Crippen LogP contribution >= 0.6 is 11.8 Å². The van der Waals surface area contributed by atoms with Gasteiger partial charge in [-0.15, -0.1) is 0 Å². The minimum Gasteiger partial charge on any atom is -0.395 e. The normalized spacial score (nSPS) is 38.2. The fraction of sp³-hybridized carbons (Fsp3) is 1.00. The van der Waals surface area contributed by atoms with Crippen LogP contribution in [0.25, 0.3) is 0 Å². The van der Waals surface area contributed by atoms with Crippen molar-refractivity contribution in [1.82, 2.24) is 0 Å². The third kappa shape index (κ3) is 1.14. The summed E-state index contributed by atoms with van der Waals surface area (Å²) in [6, 6.07) is 0. The highest BCUT2D eigenvalue weighted by molar-refractivity contribution is 8.00. The summed E-state index contributed by atoms with van der Waals surface area (Å²) >= 11 is 1.53. The number of hydrogen-bond donors (Lipinski definition) is 1. The van der Waals surface area contributed by atoms with E-state index in [0.29, 0.717) is 6.42 Å². The SMILES string of the molecule is OCC1SCCC1F. The van der Waals surface area contributed by atoms with E-state index in [1.165, 1.54) is 11.8 Å². The summed E-state index contributed by atoms with van der Waals surface area (Å²) in [5.41, 5.74) is 0. The van der Waals surface area contributed by atoms with Gasteiger partial charge in [0, 0.05) is 0 Å². The van der Waals surface area contributed by atoms with Crippen LogP contribution in [0.15, 0.2) is 0 Å². The highest BCUT2D eigenvalue weighted by atomic mass is 32.2. The van der Waals surface area contributed by atoms with Crippen molar-refractivity contribution in [3.05, 3.63) is 0 Å². The van der Waals surface area contributed by atoms with E-state index in [2.05, 4.69) is 0 Å². The molecular weight excluding hydrogens is 127 g/mol. The third-order valence-electron chi connectivity index (χ3n) is 1.31. The van der Waals surface area contributed by atoms with Gasteiger partial charge in [-0.3, -0.25) is 0 Å². The van der Waals surface area contributed by atoms with Crippen molar-refractivity contribution >= 4 is 11.8 Å². The fourth-order valence-corrected chi connectivity index (χ4v) is 1.90. The molecule has 1 aliphatic rings. The molecule has 2 atom stereocenters. The molecule has 0 aromatic carbocycles. The van der Waals surface area contributed by atoms with Gasteiger partial charge in [-0.25, -0.2) is 4.39 Å². The third-order valence-corrected chi connectivity index (χ3v) is 2.65. The molecule has 1 nitrogen and oxygen atoms in total. The van der Waals surface area contributed by atoms with Gasteiger partial charge in [0.2, 0.25) is 0 Å². The van der Waals surface area contributed by atoms with E-state index in [1.54, 1.807) is 0 Å². The van der Waals surface area contributed by atoms with E-state index in [9.17, 15) is 4.39 Å². The lowest BCUT2D eigenvalue weighted by molar-refractivity contribution is 0.233. The first-order valence-electron chi connectivity index (χ1n) is 2.71. The predicted molar refractivity (Wildman–Crippen MR) is 32.8 cm³/mol. The highest BCUT2D eigenvalue weighted by Gasteiger charge is 2.26. The van der Waals surface area contributed by atoms with Crippen LogP contribution in [0.2, 0.25) is 0 Å². The number of halogens is 1. The summed E-state index contributed by atoms with van der Waals surface area (Å²) in [6.45, 7) is -0.00810. The maximum Gasteiger partial charge on any atom is 0.115 e. The lowest BCUT2D eigenvalue weighted by Crippen LogP contribution is -2.15. The van der Waals surface area contributed by atoms with Crippen molar-refractivity contribution in [2.75, 3.05) is 12.4 Å². The first kappa shape index (κ1) is 6.36. The van der Waals surface area contributed by atoms with E-state index in [-0.39, 0.29) is 11.9 Å². The Bertz CT molecular complexity index is 78.8. The van der Waals surface area contributed by atoms with E-state index >= 15 is 0 Å². The zero-order valence-corrected chi connectivity index (χ0v) is 5.33. The van der Waals surface area contributed by atoms with Crippen molar-refractivity contribution in [3.63, 3.8) is 0 Å². The Labute approximate surface area is 52.3 Å². The topological polar surface area (TPSA) is 20.2 Å². The van der Waals surface area contributed by atoms with Gasteiger partial charge in [0.25, 0.3) is 0 Å². The molecule has 3 heteroatoms. The smallest absolute Gasteiger partial charge is 0.115 e. The highest BCUT2D eigenvalue weighted by Crippen LogP contribution is 2.28. The fourth-order valence-electron chi connectivity index (χ4n) is 0.789. The van der Waals surface area contributed by atoms with Crippen molar-refractivity contribution in [1.29, 1.82) is 0 Å². The lowest BCUT2D eigenvalue weighted by atomic mass is 10.2. The number of rotatable bonds is 1. The molecule has 1 fully saturated rings. The van der Waals surface area contributed by atoms with E-state index in [1.807, 2.05) is 0 Å². The van der Waals surface area contributed by atoms with Gasteiger partial charge in [0.1, 0.15) is 6.17 Å². The van der Waals surface area contributed by atoms with Crippen LogP contribution in [0.4, 0.5) is 4.39 Å². The van der Waals surface area contributed by atoms with Crippen molar-refractivity contribution in [3.8, 4) is 0 Å². The quantitative estimate of drug-likeness (QED) is 0.576. The molecule has 2 unspecified atom stereocenters. The summed E-state index contributed by atoms with van der Waals surface area (Å²) in [5.74, 6) is 0.867. The van der Waals surface area contributed by atoms with Gasteiger partial charge < -0.3 is 5.11 Å². The molecule has 0 aromatic heterocycles. The molecule has 1 heterocycles. The Hall–Kier alpha value is 0.240. The number of alkyl halides is 1. The zero-order valence-electron chi connectivity index (χ0n) is 4.51. The average Bonchev–Trinajstić information content (AvgIpc) is 2.14. The monoisotopic (exact) mass is 136 g/mol. The molecule has 8 heavy (non-hydrogen) atoms. The zero-order chi connectivity index (χ0) is 5.98. The lowest BCUT2D eigenvalue weighted by Gasteiger charge is -2.04. The van der Waals surface area contributed by atoms with Crippen molar-refractivity contribution in [2.24, 2.45) is 0 Å².